The van der Waals surface area contributed by atoms with Gasteiger partial charge < -0.3 is 14.8 Å². The topological polar surface area (TPSA) is 47.6 Å². The van der Waals surface area contributed by atoms with Crippen LogP contribution in [0.5, 0.6) is 11.5 Å². The predicted octanol–water partition coefficient (Wildman–Crippen LogP) is 4.53. The van der Waals surface area contributed by atoms with E-state index in [-0.39, 0.29) is 5.91 Å². The number of carbonyl (C=O) groups is 1. The minimum absolute atomic E-state index is 0.188. The fourth-order valence-electron chi connectivity index (χ4n) is 2.07. The number of unbranched alkanes of at least 4 members (excludes halogenated alkanes) is 1. The summed E-state index contributed by atoms with van der Waals surface area (Å²) in [7, 11) is 1.59. The van der Waals surface area contributed by atoms with Crippen molar-refractivity contribution in [1.82, 2.24) is 0 Å². The molecule has 0 spiro atoms. The molecule has 0 saturated carbocycles. The van der Waals surface area contributed by atoms with E-state index in [4.69, 9.17) is 9.47 Å². The van der Waals surface area contributed by atoms with E-state index in [9.17, 15) is 4.79 Å². The quantitative estimate of drug-likeness (QED) is 0.573. The summed E-state index contributed by atoms with van der Waals surface area (Å²) in [4.78, 5) is 12.0. The maximum Gasteiger partial charge on any atom is 0.248 e. The Labute approximate surface area is 143 Å². The molecule has 0 aliphatic rings. The molecule has 0 heterocycles. The number of ether oxygens (including phenoxy) is 2. The van der Waals surface area contributed by atoms with Crippen LogP contribution in [-0.2, 0) is 4.79 Å². The highest BCUT2D eigenvalue weighted by Gasteiger charge is 2.00. The molecule has 4 nitrogen and oxygen atoms in total. The molecular formula is C20H23NO3. The van der Waals surface area contributed by atoms with Crippen LogP contribution in [0.1, 0.15) is 25.3 Å². The summed E-state index contributed by atoms with van der Waals surface area (Å²) in [6.45, 7) is 2.86. The number of anilines is 1. The average Bonchev–Trinajstić information content (AvgIpc) is 2.61. The monoisotopic (exact) mass is 325 g/mol. The number of nitrogens with one attached hydrogen (secondary N) is 1. The Morgan fingerprint density at radius 2 is 1.92 bits per heavy atom. The van der Waals surface area contributed by atoms with Crippen LogP contribution >= 0.6 is 0 Å². The van der Waals surface area contributed by atoms with E-state index in [1.807, 2.05) is 42.5 Å². The molecule has 126 valence electrons. The minimum atomic E-state index is -0.188. The van der Waals surface area contributed by atoms with Crippen molar-refractivity contribution >= 4 is 17.7 Å². The average molecular weight is 325 g/mol. The smallest absolute Gasteiger partial charge is 0.248 e. The van der Waals surface area contributed by atoms with Crippen molar-refractivity contribution < 1.29 is 14.3 Å². The summed E-state index contributed by atoms with van der Waals surface area (Å²) < 4.78 is 10.7. The van der Waals surface area contributed by atoms with Crippen molar-refractivity contribution in [2.75, 3.05) is 19.0 Å². The zero-order valence-electron chi connectivity index (χ0n) is 14.1. The molecule has 1 N–H and O–H groups in total. The minimum Gasteiger partial charge on any atom is -0.497 e. The third-order valence-corrected chi connectivity index (χ3v) is 3.41. The SMILES string of the molecule is CCCCOc1ccc(C=CC(=O)Nc2cccc(OC)c2)cc1. The number of amides is 1. The van der Waals surface area contributed by atoms with Crippen molar-refractivity contribution in [2.24, 2.45) is 0 Å². The van der Waals surface area contributed by atoms with Crippen LogP contribution in [0.25, 0.3) is 6.08 Å². The number of hydrogen-bond donors (Lipinski definition) is 1. The van der Waals surface area contributed by atoms with Gasteiger partial charge >= 0.3 is 0 Å². The van der Waals surface area contributed by atoms with Gasteiger partial charge in [0.05, 0.1) is 13.7 Å². The Kier molecular flexibility index (Phi) is 6.90. The molecule has 0 saturated heterocycles. The molecule has 0 aliphatic carbocycles. The molecule has 4 heteroatoms. The highest BCUT2D eigenvalue weighted by Crippen LogP contribution is 2.17. The molecule has 2 aromatic carbocycles. The second-order valence-electron chi connectivity index (χ2n) is 5.33. The van der Waals surface area contributed by atoms with Crippen molar-refractivity contribution in [1.29, 1.82) is 0 Å². The van der Waals surface area contributed by atoms with Crippen molar-refractivity contribution in [2.45, 2.75) is 19.8 Å². The van der Waals surface area contributed by atoms with E-state index < -0.39 is 0 Å². The van der Waals surface area contributed by atoms with E-state index in [1.165, 1.54) is 6.08 Å². The molecule has 0 unspecified atom stereocenters. The van der Waals surface area contributed by atoms with E-state index in [0.717, 1.165) is 30.8 Å². The Morgan fingerprint density at radius 1 is 1.12 bits per heavy atom. The Bertz CT molecular complexity index is 678. The fourth-order valence-corrected chi connectivity index (χ4v) is 2.07. The Hall–Kier alpha value is -2.75. The molecular weight excluding hydrogens is 302 g/mol. The number of hydrogen-bond acceptors (Lipinski definition) is 3. The van der Waals surface area contributed by atoms with Crippen LogP contribution in [0.3, 0.4) is 0 Å². The van der Waals surface area contributed by atoms with Gasteiger partial charge in [-0.25, -0.2) is 0 Å². The largest absolute Gasteiger partial charge is 0.497 e. The Morgan fingerprint density at radius 3 is 2.62 bits per heavy atom. The summed E-state index contributed by atoms with van der Waals surface area (Å²) in [6.07, 6.45) is 5.44. The summed E-state index contributed by atoms with van der Waals surface area (Å²) in [5.41, 5.74) is 1.64. The normalized spacial score (nSPS) is 10.6. The van der Waals surface area contributed by atoms with Gasteiger partial charge in [0, 0.05) is 17.8 Å². The van der Waals surface area contributed by atoms with Gasteiger partial charge in [-0.15, -0.1) is 0 Å². The number of methoxy groups -OCH3 is 1. The van der Waals surface area contributed by atoms with Crippen molar-refractivity contribution in [3.8, 4) is 11.5 Å². The van der Waals surface area contributed by atoms with Crippen molar-refractivity contribution in [3.63, 3.8) is 0 Å². The lowest BCUT2D eigenvalue weighted by molar-refractivity contribution is -0.111. The van der Waals surface area contributed by atoms with E-state index in [0.29, 0.717) is 11.4 Å². The molecule has 2 aromatic rings. The van der Waals surface area contributed by atoms with Gasteiger partial charge in [0.2, 0.25) is 5.91 Å². The lowest BCUT2D eigenvalue weighted by Gasteiger charge is -2.05. The first-order valence-corrected chi connectivity index (χ1v) is 8.07. The maximum atomic E-state index is 12.0. The summed E-state index contributed by atoms with van der Waals surface area (Å²) in [6, 6.07) is 14.9. The number of carbonyl (C=O) groups excluding carboxylic acids is 1. The number of rotatable bonds is 8. The van der Waals surface area contributed by atoms with Crippen LogP contribution in [-0.4, -0.2) is 19.6 Å². The van der Waals surface area contributed by atoms with Crippen LogP contribution in [0.15, 0.2) is 54.6 Å². The first-order valence-electron chi connectivity index (χ1n) is 8.07. The van der Waals surface area contributed by atoms with Gasteiger partial charge in [0.25, 0.3) is 0 Å². The lowest BCUT2D eigenvalue weighted by atomic mass is 10.2. The van der Waals surface area contributed by atoms with Gasteiger partial charge in [0.1, 0.15) is 11.5 Å². The molecule has 0 fully saturated rings. The van der Waals surface area contributed by atoms with Gasteiger partial charge in [-0.2, -0.15) is 0 Å². The lowest BCUT2D eigenvalue weighted by Crippen LogP contribution is -2.07. The first kappa shape index (κ1) is 17.6. The molecule has 24 heavy (non-hydrogen) atoms. The standard InChI is InChI=1S/C20H23NO3/c1-3-4-14-24-18-11-8-16(9-12-18)10-13-20(22)21-17-6-5-7-19(15-17)23-2/h5-13,15H,3-4,14H2,1-2H3,(H,21,22). The maximum absolute atomic E-state index is 12.0. The third-order valence-electron chi connectivity index (χ3n) is 3.41. The van der Waals surface area contributed by atoms with E-state index in [2.05, 4.69) is 12.2 Å². The summed E-state index contributed by atoms with van der Waals surface area (Å²) in [5.74, 6) is 1.36. The second kappa shape index (κ2) is 9.40. The van der Waals surface area contributed by atoms with Crippen LogP contribution in [0, 0.1) is 0 Å². The number of benzene rings is 2. The van der Waals surface area contributed by atoms with Gasteiger partial charge in [-0.1, -0.05) is 31.5 Å². The molecule has 1 amide bonds. The summed E-state index contributed by atoms with van der Waals surface area (Å²) >= 11 is 0. The zero-order valence-corrected chi connectivity index (χ0v) is 14.1. The molecule has 2 rings (SSSR count). The predicted molar refractivity (Wildman–Crippen MR) is 97.5 cm³/mol. The fraction of sp³-hybridized carbons (Fsp3) is 0.250. The van der Waals surface area contributed by atoms with Crippen LogP contribution in [0.4, 0.5) is 5.69 Å². The van der Waals surface area contributed by atoms with Gasteiger partial charge in [-0.3, -0.25) is 4.79 Å². The second-order valence-corrected chi connectivity index (χ2v) is 5.33. The first-order chi connectivity index (χ1) is 11.7. The molecule has 0 atom stereocenters. The van der Waals surface area contributed by atoms with Gasteiger partial charge in [0.15, 0.2) is 0 Å². The van der Waals surface area contributed by atoms with Crippen LogP contribution < -0.4 is 14.8 Å². The van der Waals surface area contributed by atoms with E-state index in [1.54, 1.807) is 19.3 Å². The zero-order chi connectivity index (χ0) is 17.2. The van der Waals surface area contributed by atoms with Gasteiger partial charge in [-0.05, 0) is 42.3 Å². The molecule has 0 aromatic heterocycles. The highest BCUT2D eigenvalue weighted by atomic mass is 16.5. The highest BCUT2D eigenvalue weighted by molar-refractivity contribution is 6.02. The van der Waals surface area contributed by atoms with E-state index >= 15 is 0 Å². The summed E-state index contributed by atoms with van der Waals surface area (Å²) in [5, 5.41) is 2.80. The molecule has 0 radical (unpaired) electrons. The Balaban J connectivity index is 1.88. The molecule has 0 bridgehead atoms. The molecule has 0 aliphatic heterocycles. The van der Waals surface area contributed by atoms with Crippen molar-refractivity contribution in [3.05, 3.63) is 60.2 Å². The third kappa shape index (κ3) is 5.80. The van der Waals surface area contributed by atoms with Crippen LogP contribution in [0.2, 0.25) is 0 Å².